The van der Waals surface area contributed by atoms with Gasteiger partial charge in [-0.3, -0.25) is 4.79 Å². The number of halogens is 1. The van der Waals surface area contributed by atoms with Crippen molar-refractivity contribution in [1.82, 2.24) is 15.2 Å². The van der Waals surface area contributed by atoms with Crippen LogP contribution in [0, 0.1) is 0 Å². The third kappa shape index (κ3) is 3.03. The summed E-state index contributed by atoms with van der Waals surface area (Å²) in [6.45, 7) is 2.80. The number of carbonyl (C=O) groups is 1. The molecule has 0 atom stereocenters. The van der Waals surface area contributed by atoms with Gasteiger partial charge in [0.1, 0.15) is 0 Å². The zero-order valence-corrected chi connectivity index (χ0v) is 11.1. The Labute approximate surface area is 115 Å². The predicted octanol–water partition coefficient (Wildman–Crippen LogP) is 1.97. The molecule has 2 N–H and O–H groups in total. The number of rotatable bonds is 4. The van der Waals surface area contributed by atoms with Crippen LogP contribution in [-0.2, 0) is 6.54 Å². The summed E-state index contributed by atoms with van der Waals surface area (Å²) in [6.07, 6.45) is 0. The summed E-state index contributed by atoms with van der Waals surface area (Å²) in [6, 6.07) is 7.32. The smallest absolute Gasteiger partial charge is 0.280 e. The van der Waals surface area contributed by atoms with Gasteiger partial charge < -0.3 is 10.6 Å². The number of nitrogen functional groups attached to an aromatic ring is 1. The van der Waals surface area contributed by atoms with Crippen LogP contribution >= 0.6 is 11.6 Å². The third-order valence-corrected chi connectivity index (χ3v) is 2.88. The van der Waals surface area contributed by atoms with Crippen molar-refractivity contribution in [3.8, 4) is 0 Å². The maximum absolute atomic E-state index is 12.2. The number of hydrogen-bond acceptors (Lipinski definition) is 5. The van der Waals surface area contributed by atoms with E-state index < -0.39 is 0 Å². The van der Waals surface area contributed by atoms with E-state index in [1.807, 2.05) is 25.1 Å². The van der Waals surface area contributed by atoms with Gasteiger partial charge in [-0.15, -0.1) is 0 Å². The standard InChI is InChI=1S/C12H13ClN4O2/c1-2-17(7-8-4-3-5-9(13)6-8)12(18)10-11(14)16-19-15-10/h3-6H,2,7H2,1H3,(H2,14,16). The summed E-state index contributed by atoms with van der Waals surface area (Å²) in [5.41, 5.74) is 6.48. The zero-order valence-electron chi connectivity index (χ0n) is 10.3. The number of hydrogen-bond donors (Lipinski definition) is 1. The zero-order chi connectivity index (χ0) is 13.8. The number of amides is 1. The van der Waals surface area contributed by atoms with E-state index >= 15 is 0 Å². The molecule has 1 aromatic carbocycles. The fourth-order valence-electron chi connectivity index (χ4n) is 1.68. The normalized spacial score (nSPS) is 10.4. The summed E-state index contributed by atoms with van der Waals surface area (Å²) in [7, 11) is 0. The molecule has 1 heterocycles. The van der Waals surface area contributed by atoms with Crippen LogP contribution in [0.5, 0.6) is 0 Å². The second-order valence-corrected chi connectivity index (χ2v) is 4.38. The molecule has 7 heteroatoms. The molecule has 0 aliphatic carbocycles. The van der Waals surface area contributed by atoms with Crippen LogP contribution in [0.15, 0.2) is 28.9 Å². The first-order chi connectivity index (χ1) is 9.11. The van der Waals surface area contributed by atoms with E-state index in [9.17, 15) is 4.79 Å². The predicted molar refractivity (Wildman–Crippen MR) is 70.6 cm³/mol. The van der Waals surface area contributed by atoms with E-state index in [4.69, 9.17) is 17.3 Å². The molecule has 100 valence electrons. The van der Waals surface area contributed by atoms with Crippen molar-refractivity contribution in [2.24, 2.45) is 0 Å². The first-order valence-corrected chi connectivity index (χ1v) is 6.11. The second-order valence-electron chi connectivity index (χ2n) is 3.95. The Hall–Kier alpha value is -2.08. The van der Waals surface area contributed by atoms with Crippen LogP contribution < -0.4 is 5.73 Å². The van der Waals surface area contributed by atoms with Crippen LogP contribution in [0.2, 0.25) is 5.02 Å². The molecule has 2 rings (SSSR count). The van der Waals surface area contributed by atoms with Crippen molar-refractivity contribution in [1.29, 1.82) is 0 Å². The molecular weight excluding hydrogens is 268 g/mol. The molecule has 0 bridgehead atoms. The average molecular weight is 281 g/mol. The van der Waals surface area contributed by atoms with Gasteiger partial charge in [0.05, 0.1) is 0 Å². The Balaban J connectivity index is 2.17. The van der Waals surface area contributed by atoms with Crippen molar-refractivity contribution in [2.45, 2.75) is 13.5 Å². The molecule has 19 heavy (non-hydrogen) atoms. The van der Waals surface area contributed by atoms with E-state index in [2.05, 4.69) is 14.9 Å². The Morgan fingerprint density at radius 3 is 2.84 bits per heavy atom. The summed E-state index contributed by atoms with van der Waals surface area (Å²) in [5, 5.41) is 7.54. The Bertz CT molecular complexity index is 585. The maximum Gasteiger partial charge on any atom is 0.280 e. The van der Waals surface area contributed by atoms with Crippen LogP contribution in [0.25, 0.3) is 0 Å². The van der Waals surface area contributed by atoms with E-state index in [0.717, 1.165) is 5.56 Å². The number of nitrogens with zero attached hydrogens (tertiary/aromatic N) is 3. The highest BCUT2D eigenvalue weighted by atomic mass is 35.5. The quantitative estimate of drug-likeness (QED) is 0.925. The average Bonchev–Trinajstić information content (AvgIpc) is 2.81. The Morgan fingerprint density at radius 1 is 1.47 bits per heavy atom. The minimum Gasteiger partial charge on any atom is -0.379 e. The van der Waals surface area contributed by atoms with Crippen molar-refractivity contribution in [3.63, 3.8) is 0 Å². The highest BCUT2D eigenvalue weighted by molar-refractivity contribution is 6.30. The Kier molecular flexibility index (Phi) is 4.01. The molecule has 0 saturated heterocycles. The minimum absolute atomic E-state index is 0.00505. The molecule has 0 aliphatic rings. The van der Waals surface area contributed by atoms with Crippen LogP contribution in [0.1, 0.15) is 23.0 Å². The second kappa shape index (κ2) is 5.71. The van der Waals surface area contributed by atoms with E-state index in [1.54, 1.807) is 11.0 Å². The van der Waals surface area contributed by atoms with Gasteiger partial charge in [0.15, 0.2) is 0 Å². The van der Waals surface area contributed by atoms with E-state index in [1.165, 1.54) is 0 Å². The summed E-state index contributed by atoms with van der Waals surface area (Å²) < 4.78 is 4.44. The SMILES string of the molecule is CCN(Cc1cccc(Cl)c1)C(=O)c1nonc1N. The van der Waals surface area contributed by atoms with Crippen LogP contribution in [0.3, 0.4) is 0 Å². The molecule has 1 amide bonds. The first-order valence-electron chi connectivity index (χ1n) is 5.73. The van der Waals surface area contributed by atoms with Crippen molar-refractivity contribution in [3.05, 3.63) is 40.5 Å². The van der Waals surface area contributed by atoms with E-state index in [0.29, 0.717) is 18.1 Å². The van der Waals surface area contributed by atoms with Gasteiger partial charge in [-0.2, -0.15) is 0 Å². The molecule has 0 aliphatic heterocycles. The van der Waals surface area contributed by atoms with Gasteiger partial charge in [0.2, 0.25) is 11.5 Å². The number of benzene rings is 1. The third-order valence-electron chi connectivity index (χ3n) is 2.65. The molecule has 0 fully saturated rings. The largest absolute Gasteiger partial charge is 0.379 e. The molecule has 1 aromatic heterocycles. The van der Waals surface area contributed by atoms with Crippen molar-refractivity contribution >= 4 is 23.3 Å². The summed E-state index contributed by atoms with van der Waals surface area (Å²) in [5.74, 6) is -0.323. The van der Waals surface area contributed by atoms with Crippen LogP contribution in [0.4, 0.5) is 5.82 Å². The van der Waals surface area contributed by atoms with E-state index in [-0.39, 0.29) is 17.4 Å². The van der Waals surface area contributed by atoms with Crippen molar-refractivity contribution in [2.75, 3.05) is 12.3 Å². The Morgan fingerprint density at radius 2 is 2.26 bits per heavy atom. The molecule has 2 aromatic rings. The number of anilines is 1. The molecular formula is C12H13ClN4O2. The van der Waals surface area contributed by atoms with Gasteiger partial charge in [-0.25, -0.2) is 4.63 Å². The van der Waals surface area contributed by atoms with Crippen LogP contribution in [-0.4, -0.2) is 27.7 Å². The van der Waals surface area contributed by atoms with Gasteiger partial charge in [-0.1, -0.05) is 23.7 Å². The van der Waals surface area contributed by atoms with Gasteiger partial charge in [0.25, 0.3) is 5.91 Å². The minimum atomic E-state index is -0.318. The van der Waals surface area contributed by atoms with Gasteiger partial charge in [-0.05, 0) is 34.9 Å². The highest BCUT2D eigenvalue weighted by Crippen LogP contribution is 2.15. The topological polar surface area (TPSA) is 85.2 Å². The lowest BCUT2D eigenvalue weighted by Crippen LogP contribution is -2.31. The van der Waals surface area contributed by atoms with Gasteiger partial charge in [0, 0.05) is 18.1 Å². The number of aromatic nitrogens is 2. The van der Waals surface area contributed by atoms with Crippen molar-refractivity contribution < 1.29 is 9.42 Å². The first kappa shape index (κ1) is 13.4. The molecule has 0 saturated carbocycles. The summed E-state index contributed by atoms with van der Waals surface area (Å²) >= 11 is 5.92. The molecule has 0 radical (unpaired) electrons. The molecule has 0 spiro atoms. The van der Waals surface area contributed by atoms with Gasteiger partial charge >= 0.3 is 0 Å². The lowest BCUT2D eigenvalue weighted by atomic mass is 10.2. The lowest BCUT2D eigenvalue weighted by Gasteiger charge is -2.19. The highest BCUT2D eigenvalue weighted by Gasteiger charge is 2.21. The maximum atomic E-state index is 12.2. The molecule has 0 unspecified atom stereocenters. The monoisotopic (exact) mass is 280 g/mol. The molecule has 6 nitrogen and oxygen atoms in total. The fraction of sp³-hybridized carbons (Fsp3) is 0.250. The number of nitrogens with two attached hydrogens (primary N) is 1. The number of carbonyl (C=O) groups excluding carboxylic acids is 1. The summed E-state index contributed by atoms with van der Waals surface area (Å²) in [4.78, 5) is 13.8. The fourth-order valence-corrected chi connectivity index (χ4v) is 1.89. The lowest BCUT2D eigenvalue weighted by molar-refractivity contribution is 0.0742.